The number of aliphatic carboxylic acids is 2. The maximum atomic E-state index is 9.86. The third-order valence-electron chi connectivity index (χ3n) is 1.26. The fourth-order valence-corrected chi connectivity index (χ4v) is 0.516. The molecule has 0 amide bonds. The van der Waals surface area contributed by atoms with Crippen molar-refractivity contribution in [3.05, 3.63) is 24.3 Å². The van der Waals surface area contributed by atoms with Crippen LogP contribution in [0, 0.1) is 0 Å². The molecule has 2 N–H and O–H groups in total. The average Bonchev–Trinajstić information content (AvgIpc) is 2.67. The zero-order valence-corrected chi connectivity index (χ0v) is 9.97. The van der Waals surface area contributed by atoms with Gasteiger partial charge in [0.1, 0.15) is 0 Å². The second kappa shape index (κ2) is 9.59. The van der Waals surface area contributed by atoms with Crippen molar-refractivity contribution in [1.29, 1.82) is 0 Å². The molecule has 1 radical (unpaired) electrons. The van der Waals surface area contributed by atoms with Crippen LogP contribution in [0.3, 0.4) is 0 Å². The Labute approximate surface area is 108 Å². The van der Waals surface area contributed by atoms with Crippen molar-refractivity contribution in [2.24, 2.45) is 0 Å². The molecule has 1 atom stereocenters. The van der Waals surface area contributed by atoms with E-state index in [-0.39, 0.29) is 17.1 Å². The van der Waals surface area contributed by atoms with E-state index in [1.165, 1.54) is 18.6 Å². The molecule has 0 bridgehead atoms. The Morgan fingerprint density at radius 1 is 1.53 bits per heavy atom. The van der Waals surface area contributed by atoms with Crippen LogP contribution >= 0.6 is 0 Å². The summed E-state index contributed by atoms with van der Waals surface area (Å²) < 4.78 is 0. The third kappa shape index (κ3) is 10.6. The van der Waals surface area contributed by atoms with Gasteiger partial charge < -0.3 is 29.9 Å². The average molecular weight is 281 g/mol. The molecular formula is C9H10MnN2O5. The van der Waals surface area contributed by atoms with Gasteiger partial charge in [-0.05, 0) is 19.1 Å². The topological polar surface area (TPSA) is 129 Å². The Bertz CT molecular complexity index is 361. The van der Waals surface area contributed by atoms with Crippen LogP contribution in [0.15, 0.2) is 18.6 Å². The summed E-state index contributed by atoms with van der Waals surface area (Å²) in [6.07, 6.45) is 3.95. The molecule has 0 aliphatic carbocycles. The number of aliphatic hydroxyl groups is 1. The molecule has 1 rings (SSSR count). The van der Waals surface area contributed by atoms with Crippen molar-refractivity contribution in [3.8, 4) is 0 Å². The van der Waals surface area contributed by atoms with E-state index in [1.54, 1.807) is 0 Å². The molecule has 0 aromatic carbocycles. The van der Waals surface area contributed by atoms with Gasteiger partial charge in [-0.2, -0.15) is 0 Å². The van der Waals surface area contributed by atoms with Gasteiger partial charge in [-0.1, -0.05) is 0 Å². The molecule has 8 heteroatoms. The normalized spacial score (nSPS) is 10.9. The molecule has 0 spiro atoms. The molecule has 1 aromatic rings. The first kappa shape index (κ1) is 17.8. The van der Waals surface area contributed by atoms with E-state index in [0.29, 0.717) is 5.69 Å². The largest absolute Gasteiger partial charge is 2.00 e. The van der Waals surface area contributed by atoms with E-state index >= 15 is 0 Å². The van der Waals surface area contributed by atoms with Crippen LogP contribution in [0.2, 0.25) is 0 Å². The summed E-state index contributed by atoms with van der Waals surface area (Å²) in [5, 5.41) is 27.2. The second-order valence-electron chi connectivity index (χ2n) is 2.65. The molecular weight excluding hydrogens is 271 g/mol. The van der Waals surface area contributed by atoms with E-state index in [9.17, 15) is 19.8 Å². The fraction of sp³-hybridized carbons (Fsp3) is 0.222. The van der Waals surface area contributed by atoms with E-state index in [4.69, 9.17) is 5.11 Å². The van der Waals surface area contributed by atoms with Crippen LogP contribution in [0.25, 0.3) is 6.08 Å². The first-order chi connectivity index (χ1) is 7.43. The molecule has 1 heterocycles. The van der Waals surface area contributed by atoms with Crippen LogP contribution < -0.4 is 10.2 Å². The van der Waals surface area contributed by atoms with Crippen LogP contribution in [0.1, 0.15) is 12.6 Å². The van der Waals surface area contributed by atoms with E-state index in [1.807, 2.05) is 0 Å². The van der Waals surface area contributed by atoms with Crippen molar-refractivity contribution in [2.45, 2.75) is 13.0 Å². The van der Waals surface area contributed by atoms with Gasteiger partial charge in [0.25, 0.3) is 0 Å². The smallest absolute Gasteiger partial charge is 0.547 e. The number of carbonyl (C=O) groups is 2. The molecule has 0 saturated heterocycles. The Balaban J connectivity index is 0. The number of aromatic nitrogens is 2. The number of nitrogens with zero attached hydrogens (tertiary/aromatic N) is 1. The molecule has 1 unspecified atom stereocenters. The minimum Gasteiger partial charge on any atom is -0.547 e. The summed E-state index contributed by atoms with van der Waals surface area (Å²) in [7, 11) is 0. The molecule has 93 valence electrons. The predicted octanol–water partition coefficient (Wildman–Crippen LogP) is -2.71. The quantitative estimate of drug-likeness (QED) is 0.457. The Kier molecular flexibility index (Phi) is 10.0. The fourth-order valence-electron chi connectivity index (χ4n) is 0.516. The number of H-pyrrole nitrogens is 1. The molecule has 17 heavy (non-hydrogen) atoms. The van der Waals surface area contributed by atoms with Crippen molar-refractivity contribution >= 4 is 18.0 Å². The van der Waals surface area contributed by atoms with E-state index in [0.717, 1.165) is 13.0 Å². The summed E-state index contributed by atoms with van der Waals surface area (Å²) in [4.78, 5) is 25.6. The van der Waals surface area contributed by atoms with Gasteiger partial charge >= 0.3 is 17.1 Å². The van der Waals surface area contributed by atoms with Gasteiger partial charge in [0.05, 0.1) is 36.3 Å². The third-order valence-corrected chi connectivity index (χ3v) is 1.26. The number of carboxylic acids is 2. The van der Waals surface area contributed by atoms with Crippen molar-refractivity contribution < 1.29 is 42.0 Å². The maximum absolute atomic E-state index is 9.86. The number of carboxylic acid groups (broad SMARTS) is 2. The monoisotopic (exact) mass is 281 g/mol. The first-order valence-corrected chi connectivity index (χ1v) is 4.20. The van der Waals surface area contributed by atoms with Crippen LogP contribution in [0.4, 0.5) is 0 Å². The molecule has 0 fully saturated rings. The number of hydrogen-bond donors (Lipinski definition) is 2. The van der Waals surface area contributed by atoms with Crippen LogP contribution in [-0.2, 0) is 26.7 Å². The second-order valence-corrected chi connectivity index (χ2v) is 2.65. The molecule has 0 saturated carbocycles. The molecule has 0 aliphatic rings. The SMILES string of the molecule is CC(O)C(=O)[O-].O=C([O-])C=Cc1cnc[nH]1.[Mn+2]. The van der Waals surface area contributed by atoms with Gasteiger partial charge in [0.2, 0.25) is 0 Å². The number of aliphatic hydroxyl groups excluding tert-OH is 1. The first-order valence-electron chi connectivity index (χ1n) is 4.20. The number of imidazole rings is 1. The maximum Gasteiger partial charge on any atom is 2.00 e. The van der Waals surface area contributed by atoms with Gasteiger partial charge in [-0.3, -0.25) is 0 Å². The zero-order valence-electron chi connectivity index (χ0n) is 8.79. The minimum absolute atomic E-state index is 0. The molecule has 7 nitrogen and oxygen atoms in total. The van der Waals surface area contributed by atoms with Gasteiger partial charge in [0, 0.05) is 0 Å². The summed E-state index contributed by atoms with van der Waals surface area (Å²) in [5.74, 6) is -2.65. The number of nitrogens with one attached hydrogen (secondary N) is 1. The Morgan fingerprint density at radius 3 is 2.35 bits per heavy atom. The zero-order chi connectivity index (χ0) is 12.6. The van der Waals surface area contributed by atoms with Gasteiger partial charge in [0.15, 0.2) is 0 Å². The summed E-state index contributed by atoms with van der Waals surface area (Å²) in [5.41, 5.74) is 0.643. The number of hydrogen-bond acceptors (Lipinski definition) is 6. The van der Waals surface area contributed by atoms with Crippen molar-refractivity contribution in [2.75, 3.05) is 0 Å². The number of carbonyl (C=O) groups excluding carboxylic acids is 2. The van der Waals surface area contributed by atoms with Crippen LogP contribution in [-0.4, -0.2) is 33.1 Å². The van der Waals surface area contributed by atoms with E-state index < -0.39 is 18.0 Å². The summed E-state index contributed by atoms with van der Waals surface area (Å²) >= 11 is 0. The Morgan fingerprint density at radius 2 is 2.06 bits per heavy atom. The summed E-state index contributed by atoms with van der Waals surface area (Å²) in [6, 6.07) is 0. The standard InChI is InChI=1S/C6H6N2O2.C3H6O3.Mn/c9-6(10)2-1-5-3-7-4-8-5;1-2(4)3(5)6;/h1-4H,(H,7,8)(H,9,10);2,4H,1H3,(H,5,6);/q;;+2/p-2. The molecule has 1 aromatic heterocycles. The van der Waals surface area contributed by atoms with E-state index in [2.05, 4.69) is 9.97 Å². The molecule has 0 aliphatic heterocycles. The number of rotatable bonds is 3. The number of aromatic amines is 1. The van der Waals surface area contributed by atoms with Gasteiger partial charge in [-0.25, -0.2) is 4.98 Å². The predicted molar refractivity (Wildman–Crippen MR) is 49.3 cm³/mol. The Hall–Kier alpha value is -1.63. The summed E-state index contributed by atoms with van der Waals surface area (Å²) in [6.45, 7) is 1.13. The van der Waals surface area contributed by atoms with Crippen LogP contribution in [0.5, 0.6) is 0 Å². The van der Waals surface area contributed by atoms with Crippen molar-refractivity contribution in [3.63, 3.8) is 0 Å². The van der Waals surface area contributed by atoms with Gasteiger partial charge in [-0.15, -0.1) is 0 Å². The van der Waals surface area contributed by atoms with Crippen molar-refractivity contribution in [1.82, 2.24) is 9.97 Å². The minimum atomic E-state index is -1.44.